The van der Waals surface area contributed by atoms with Crippen LogP contribution in [0.15, 0.2) is 34.1 Å². The van der Waals surface area contributed by atoms with E-state index in [2.05, 4.69) is 10.3 Å². The normalized spacial score (nSPS) is 20.1. The Balaban J connectivity index is 1.63. The minimum atomic E-state index is -0.293. The van der Waals surface area contributed by atoms with Crippen molar-refractivity contribution >= 4 is 51.7 Å². The molecule has 2 fully saturated rings. The number of hydrogen-bond donors (Lipinski definition) is 2. The van der Waals surface area contributed by atoms with Crippen molar-refractivity contribution in [2.45, 2.75) is 18.9 Å². The molecule has 0 saturated carbocycles. The van der Waals surface area contributed by atoms with E-state index in [-0.39, 0.29) is 36.3 Å². The van der Waals surface area contributed by atoms with Gasteiger partial charge in [-0.1, -0.05) is 30.0 Å². The molecule has 170 valence electrons. The van der Waals surface area contributed by atoms with Gasteiger partial charge in [-0.15, -0.1) is 0 Å². The first kappa shape index (κ1) is 22.9. The zero-order valence-corrected chi connectivity index (χ0v) is 19.0. The number of nitrogens with zero attached hydrogens (tertiary/aromatic N) is 3. The van der Waals surface area contributed by atoms with Crippen LogP contribution in [0.25, 0.3) is 11.7 Å². The van der Waals surface area contributed by atoms with E-state index in [1.165, 1.54) is 16.2 Å². The quantitative estimate of drug-likeness (QED) is 0.316. The molecule has 2 aromatic heterocycles. The van der Waals surface area contributed by atoms with Crippen LogP contribution in [0.5, 0.6) is 0 Å². The van der Waals surface area contributed by atoms with Crippen LogP contribution in [0.1, 0.15) is 18.4 Å². The maximum atomic E-state index is 13.2. The molecule has 2 saturated heterocycles. The highest BCUT2D eigenvalue weighted by molar-refractivity contribution is 8.26. The molecule has 4 rings (SSSR count). The lowest BCUT2D eigenvalue weighted by molar-refractivity contribution is -0.123. The molecule has 0 aliphatic carbocycles. The summed E-state index contributed by atoms with van der Waals surface area (Å²) in [5.41, 5.74) is 0.464. The number of nitrogens with one attached hydrogen (secondary N) is 1. The maximum Gasteiger partial charge on any atom is 0.267 e. The lowest BCUT2D eigenvalue weighted by Crippen LogP contribution is -2.35. The fourth-order valence-corrected chi connectivity index (χ4v) is 4.81. The Bertz CT molecular complexity index is 1100. The summed E-state index contributed by atoms with van der Waals surface area (Å²) in [4.78, 5) is 32.7. The third-order valence-corrected chi connectivity index (χ3v) is 6.48. The van der Waals surface area contributed by atoms with Gasteiger partial charge in [0.2, 0.25) is 0 Å². The second-order valence-electron chi connectivity index (χ2n) is 7.30. The number of aromatic nitrogens is 2. The predicted molar refractivity (Wildman–Crippen MR) is 127 cm³/mol. The van der Waals surface area contributed by atoms with E-state index in [1.807, 2.05) is 0 Å². The van der Waals surface area contributed by atoms with Gasteiger partial charge in [-0.2, -0.15) is 0 Å². The zero-order chi connectivity index (χ0) is 22.5. The van der Waals surface area contributed by atoms with Crippen LogP contribution in [0.2, 0.25) is 0 Å². The molecule has 0 radical (unpaired) electrons. The summed E-state index contributed by atoms with van der Waals surface area (Å²) in [6, 6.07) is 5.28. The van der Waals surface area contributed by atoms with Crippen molar-refractivity contribution < 1.29 is 19.4 Å². The van der Waals surface area contributed by atoms with Crippen LogP contribution in [-0.4, -0.2) is 75.2 Å². The number of ether oxygens (including phenoxy) is 2. The minimum Gasteiger partial charge on any atom is -0.394 e. The Morgan fingerprint density at radius 3 is 3.03 bits per heavy atom. The largest absolute Gasteiger partial charge is 0.394 e. The summed E-state index contributed by atoms with van der Waals surface area (Å²) in [6.45, 7) is 2.01. The fraction of sp³-hybridized carbons (Fsp3) is 0.429. The SMILES string of the molecule is O=C1C(=Cc2c(NCCOCCO)nc3ccccn3c2=O)SC(=S)N1CC1CCCO1. The Hall–Kier alpha value is -2.31. The average Bonchev–Trinajstić information content (AvgIpc) is 3.40. The number of hydrogen-bond acceptors (Lipinski definition) is 9. The van der Waals surface area contributed by atoms with Crippen LogP contribution in [0.4, 0.5) is 5.82 Å². The molecule has 2 aliphatic heterocycles. The molecule has 2 aromatic rings. The lowest BCUT2D eigenvalue weighted by Gasteiger charge is -2.18. The zero-order valence-electron chi connectivity index (χ0n) is 17.4. The van der Waals surface area contributed by atoms with E-state index in [1.54, 1.807) is 35.4 Å². The number of aliphatic hydroxyl groups excluding tert-OH is 1. The van der Waals surface area contributed by atoms with Crippen molar-refractivity contribution in [3.8, 4) is 0 Å². The number of thioether (sulfide) groups is 1. The van der Waals surface area contributed by atoms with Crippen LogP contribution < -0.4 is 10.9 Å². The van der Waals surface area contributed by atoms with Gasteiger partial charge < -0.3 is 19.9 Å². The van der Waals surface area contributed by atoms with Crippen molar-refractivity contribution in [2.75, 3.05) is 44.8 Å². The fourth-order valence-electron chi connectivity index (χ4n) is 3.56. The van der Waals surface area contributed by atoms with Crippen LogP contribution in [0, 0.1) is 0 Å². The molecule has 4 heterocycles. The van der Waals surface area contributed by atoms with Crippen molar-refractivity contribution in [2.24, 2.45) is 0 Å². The number of carbonyl (C=O) groups is 1. The van der Waals surface area contributed by atoms with Gasteiger partial charge in [0.15, 0.2) is 0 Å². The van der Waals surface area contributed by atoms with E-state index in [0.717, 1.165) is 12.8 Å². The number of amides is 1. The Morgan fingerprint density at radius 2 is 2.25 bits per heavy atom. The summed E-state index contributed by atoms with van der Waals surface area (Å²) in [6.07, 6.45) is 5.06. The standard InChI is InChI=1S/C21H24N4O5S2/c26-8-11-29-10-6-22-18-15(19(27)24-7-2-1-5-17(24)23-18)12-16-20(28)25(21(31)32-16)13-14-4-3-9-30-14/h1-2,5,7,12,14,22,26H,3-4,6,8-11,13H2. The van der Waals surface area contributed by atoms with Crippen molar-refractivity contribution in [3.05, 3.63) is 45.2 Å². The average molecular weight is 477 g/mol. The molecule has 0 spiro atoms. The molecule has 11 heteroatoms. The molecule has 9 nitrogen and oxygen atoms in total. The smallest absolute Gasteiger partial charge is 0.267 e. The predicted octanol–water partition coefficient (Wildman–Crippen LogP) is 1.50. The van der Waals surface area contributed by atoms with E-state index in [9.17, 15) is 9.59 Å². The molecule has 2 aliphatic rings. The van der Waals surface area contributed by atoms with Crippen molar-refractivity contribution in [3.63, 3.8) is 0 Å². The highest BCUT2D eigenvalue weighted by Gasteiger charge is 2.35. The monoisotopic (exact) mass is 476 g/mol. The third-order valence-electron chi connectivity index (χ3n) is 5.10. The molecule has 2 N–H and O–H groups in total. The van der Waals surface area contributed by atoms with E-state index in [0.29, 0.717) is 47.0 Å². The van der Waals surface area contributed by atoms with Gasteiger partial charge in [-0.05, 0) is 31.1 Å². The Kier molecular flexibility index (Phi) is 7.53. The second-order valence-corrected chi connectivity index (χ2v) is 8.97. The molecular formula is C21H24N4O5S2. The van der Waals surface area contributed by atoms with E-state index >= 15 is 0 Å². The van der Waals surface area contributed by atoms with Gasteiger partial charge in [0.1, 0.15) is 15.8 Å². The van der Waals surface area contributed by atoms with Gasteiger partial charge in [0, 0.05) is 19.3 Å². The van der Waals surface area contributed by atoms with E-state index < -0.39 is 0 Å². The van der Waals surface area contributed by atoms with Gasteiger partial charge >= 0.3 is 0 Å². The highest BCUT2D eigenvalue weighted by Crippen LogP contribution is 2.34. The molecule has 1 atom stereocenters. The summed E-state index contributed by atoms with van der Waals surface area (Å²) in [5.74, 6) is 0.128. The maximum absolute atomic E-state index is 13.2. The molecule has 32 heavy (non-hydrogen) atoms. The minimum absolute atomic E-state index is 0.0130. The third kappa shape index (κ3) is 5.02. The van der Waals surface area contributed by atoms with Crippen LogP contribution in [0.3, 0.4) is 0 Å². The number of aliphatic hydroxyl groups is 1. The molecule has 1 unspecified atom stereocenters. The lowest BCUT2D eigenvalue weighted by atomic mass is 10.2. The van der Waals surface area contributed by atoms with E-state index in [4.69, 9.17) is 26.8 Å². The molecule has 0 aromatic carbocycles. The molecule has 1 amide bonds. The molecular weight excluding hydrogens is 452 g/mol. The van der Waals surface area contributed by atoms with Gasteiger partial charge in [0.25, 0.3) is 11.5 Å². The summed E-state index contributed by atoms with van der Waals surface area (Å²) in [5, 5.41) is 11.9. The number of pyridine rings is 1. The second kappa shape index (κ2) is 10.5. The first-order chi connectivity index (χ1) is 15.6. The van der Waals surface area contributed by atoms with Gasteiger partial charge in [0.05, 0.1) is 42.9 Å². The topological polar surface area (TPSA) is 105 Å². The number of rotatable bonds is 9. The highest BCUT2D eigenvalue weighted by atomic mass is 32.2. The first-order valence-corrected chi connectivity index (χ1v) is 11.6. The van der Waals surface area contributed by atoms with Crippen LogP contribution in [-0.2, 0) is 14.3 Å². The number of carbonyl (C=O) groups excluding carboxylic acids is 1. The summed E-state index contributed by atoms with van der Waals surface area (Å²) >= 11 is 6.59. The van der Waals surface area contributed by atoms with Crippen molar-refractivity contribution in [1.82, 2.24) is 14.3 Å². The first-order valence-electron chi connectivity index (χ1n) is 10.4. The molecule has 0 bridgehead atoms. The van der Waals surface area contributed by atoms with Gasteiger partial charge in [-0.25, -0.2) is 4.98 Å². The number of fused-ring (bicyclic) bond motifs is 1. The Labute approximate surface area is 194 Å². The summed E-state index contributed by atoms with van der Waals surface area (Å²) < 4.78 is 12.8. The Morgan fingerprint density at radius 1 is 1.38 bits per heavy atom. The van der Waals surface area contributed by atoms with Crippen LogP contribution >= 0.6 is 24.0 Å². The number of thiocarbonyl (C=S) groups is 1. The summed E-state index contributed by atoms with van der Waals surface area (Å²) in [7, 11) is 0. The van der Waals surface area contributed by atoms with Gasteiger partial charge in [-0.3, -0.25) is 18.9 Å². The number of anilines is 1. The van der Waals surface area contributed by atoms with Crippen molar-refractivity contribution in [1.29, 1.82) is 0 Å².